The van der Waals surface area contributed by atoms with E-state index in [1.807, 2.05) is 12.1 Å². The van der Waals surface area contributed by atoms with Gasteiger partial charge in [-0.25, -0.2) is 9.97 Å². The first-order valence-electron chi connectivity index (χ1n) is 18.1. The summed E-state index contributed by atoms with van der Waals surface area (Å²) in [5.41, 5.74) is 13.5. The van der Waals surface area contributed by atoms with Crippen LogP contribution in [0.3, 0.4) is 0 Å². The average Bonchev–Trinajstić information content (AvgIpc) is 3.54. The zero-order valence-electron chi connectivity index (χ0n) is 28.9. The first-order chi connectivity index (χ1) is 25.7. The van der Waals surface area contributed by atoms with E-state index in [-0.39, 0.29) is 0 Å². The van der Waals surface area contributed by atoms with Crippen molar-refractivity contribution in [3.05, 3.63) is 181 Å². The van der Waals surface area contributed by atoms with Gasteiger partial charge in [-0.05, 0) is 58.7 Å². The number of aromatic nitrogens is 3. The van der Waals surface area contributed by atoms with Gasteiger partial charge in [-0.1, -0.05) is 159 Å². The van der Waals surface area contributed by atoms with E-state index in [0.717, 1.165) is 50.9 Å². The van der Waals surface area contributed by atoms with Crippen molar-refractivity contribution in [3.8, 4) is 50.7 Å². The summed E-state index contributed by atoms with van der Waals surface area (Å²) in [5, 5.41) is 4.83. The molecule has 246 valence electrons. The van der Waals surface area contributed by atoms with Crippen LogP contribution >= 0.6 is 0 Å². The SMILES string of the molecule is CC1C=Cc2c(cc3ccccc3c2-n2c3ccc(-c4ccccc4)cc3c3c(-c4nc(-c5ccccc5)cc(-c5ccccc5)n4)cccc32)C1. The van der Waals surface area contributed by atoms with E-state index >= 15 is 0 Å². The zero-order chi connectivity index (χ0) is 34.6. The topological polar surface area (TPSA) is 30.7 Å². The maximum Gasteiger partial charge on any atom is 0.161 e. The lowest BCUT2D eigenvalue weighted by molar-refractivity contribution is 0.717. The van der Waals surface area contributed by atoms with Crippen molar-refractivity contribution in [1.82, 2.24) is 14.5 Å². The van der Waals surface area contributed by atoms with Crippen molar-refractivity contribution in [3.63, 3.8) is 0 Å². The molecule has 1 atom stereocenters. The summed E-state index contributed by atoms with van der Waals surface area (Å²) in [7, 11) is 0. The van der Waals surface area contributed by atoms with Crippen molar-refractivity contribution in [1.29, 1.82) is 0 Å². The maximum atomic E-state index is 5.32. The highest BCUT2D eigenvalue weighted by Crippen LogP contribution is 2.44. The lowest BCUT2D eigenvalue weighted by Gasteiger charge is -2.23. The molecule has 0 aliphatic heterocycles. The molecule has 0 spiro atoms. The largest absolute Gasteiger partial charge is 0.308 e. The van der Waals surface area contributed by atoms with Crippen LogP contribution < -0.4 is 0 Å². The van der Waals surface area contributed by atoms with Crippen molar-refractivity contribution >= 4 is 38.7 Å². The highest BCUT2D eigenvalue weighted by atomic mass is 15.0. The molecular formula is C49H35N3. The van der Waals surface area contributed by atoms with Gasteiger partial charge < -0.3 is 4.57 Å². The van der Waals surface area contributed by atoms with E-state index in [2.05, 4.69) is 175 Å². The molecule has 2 aromatic heterocycles. The Morgan fingerprint density at radius 1 is 0.538 bits per heavy atom. The Labute approximate surface area is 303 Å². The van der Waals surface area contributed by atoms with Gasteiger partial charge in [-0.3, -0.25) is 0 Å². The third-order valence-corrected chi connectivity index (χ3v) is 10.5. The fourth-order valence-electron chi connectivity index (χ4n) is 8.06. The van der Waals surface area contributed by atoms with E-state index in [1.165, 1.54) is 44.1 Å². The van der Waals surface area contributed by atoms with Crippen LogP contribution in [0, 0.1) is 5.92 Å². The zero-order valence-corrected chi connectivity index (χ0v) is 28.9. The fourth-order valence-corrected chi connectivity index (χ4v) is 8.06. The lowest BCUT2D eigenvalue weighted by Crippen LogP contribution is -2.08. The van der Waals surface area contributed by atoms with E-state index in [4.69, 9.17) is 9.97 Å². The number of rotatable bonds is 5. The molecule has 0 amide bonds. The van der Waals surface area contributed by atoms with Crippen LogP contribution in [0.15, 0.2) is 170 Å². The predicted octanol–water partition coefficient (Wildman–Crippen LogP) is 12.6. The first kappa shape index (κ1) is 30.3. The Morgan fingerprint density at radius 3 is 1.90 bits per heavy atom. The molecule has 0 fully saturated rings. The summed E-state index contributed by atoms with van der Waals surface area (Å²) < 4.78 is 2.50. The van der Waals surface area contributed by atoms with E-state index in [0.29, 0.717) is 11.7 Å². The van der Waals surface area contributed by atoms with Gasteiger partial charge in [0.05, 0.1) is 28.1 Å². The van der Waals surface area contributed by atoms with Gasteiger partial charge in [0.15, 0.2) is 5.82 Å². The molecule has 9 aromatic rings. The maximum absolute atomic E-state index is 5.32. The molecule has 52 heavy (non-hydrogen) atoms. The first-order valence-corrected chi connectivity index (χ1v) is 18.1. The molecule has 3 heteroatoms. The number of allylic oxidation sites excluding steroid dienone is 1. The second-order valence-corrected chi connectivity index (χ2v) is 13.9. The number of hydrogen-bond acceptors (Lipinski definition) is 2. The normalized spacial score (nSPS) is 13.9. The number of benzene rings is 7. The molecule has 0 bridgehead atoms. The predicted molar refractivity (Wildman–Crippen MR) is 218 cm³/mol. The second kappa shape index (κ2) is 12.3. The summed E-state index contributed by atoms with van der Waals surface area (Å²) in [6.45, 7) is 2.30. The highest BCUT2D eigenvalue weighted by Gasteiger charge is 2.24. The Morgan fingerprint density at radius 2 is 1.19 bits per heavy atom. The minimum Gasteiger partial charge on any atom is -0.308 e. The van der Waals surface area contributed by atoms with Gasteiger partial charge in [0.2, 0.25) is 0 Å². The molecule has 1 unspecified atom stereocenters. The summed E-state index contributed by atoms with van der Waals surface area (Å²) in [6, 6.07) is 58.4. The average molecular weight is 666 g/mol. The molecule has 1 aliphatic rings. The number of fused-ring (bicyclic) bond motifs is 5. The van der Waals surface area contributed by atoms with Crippen LogP contribution in [-0.4, -0.2) is 14.5 Å². The lowest BCUT2D eigenvalue weighted by atomic mass is 9.87. The van der Waals surface area contributed by atoms with Gasteiger partial charge >= 0.3 is 0 Å². The van der Waals surface area contributed by atoms with Crippen LogP contribution in [0.4, 0.5) is 0 Å². The third kappa shape index (κ3) is 5.05. The molecule has 0 N–H and O–H groups in total. The van der Waals surface area contributed by atoms with Crippen molar-refractivity contribution < 1.29 is 0 Å². The Hall–Kier alpha value is -6.58. The molecule has 0 saturated carbocycles. The van der Waals surface area contributed by atoms with E-state index in [9.17, 15) is 0 Å². The summed E-state index contributed by atoms with van der Waals surface area (Å²) in [5.74, 6) is 1.20. The summed E-state index contributed by atoms with van der Waals surface area (Å²) in [6.07, 6.45) is 5.73. The van der Waals surface area contributed by atoms with Crippen LogP contribution in [0.1, 0.15) is 18.1 Å². The van der Waals surface area contributed by atoms with Gasteiger partial charge in [-0.2, -0.15) is 0 Å². The molecule has 10 rings (SSSR count). The highest BCUT2D eigenvalue weighted by molar-refractivity contribution is 6.17. The quantitative estimate of drug-likeness (QED) is 0.183. The molecule has 7 aromatic carbocycles. The summed E-state index contributed by atoms with van der Waals surface area (Å²) in [4.78, 5) is 10.6. The Balaban J connectivity index is 1.33. The monoisotopic (exact) mass is 665 g/mol. The third-order valence-electron chi connectivity index (χ3n) is 10.5. The fraction of sp³-hybridized carbons (Fsp3) is 0.0612. The number of nitrogens with zero attached hydrogens (tertiary/aromatic N) is 3. The standard InChI is InChI=1S/C49H35N3/c1-32-24-26-40-38(28-32)29-37-20-11-12-21-39(37)48(40)52-45-27-25-36(33-14-5-2-6-15-33)30-42(45)47-41(22-13-23-46(47)52)49-50-43(34-16-7-3-8-17-34)31-44(51-49)35-18-9-4-10-19-35/h2-27,29-32H,28H2,1H3. The molecule has 1 aliphatic carbocycles. The number of hydrogen-bond donors (Lipinski definition) is 0. The van der Waals surface area contributed by atoms with E-state index in [1.54, 1.807) is 0 Å². The molecule has 3 nitrogen and oxygen atoms in total. The summed E-state index contributed by atoms with van der Waals surface area (Å²) >= 11 is 0. The molecular weight excluding hydrogens is 631 g/mol. The van der Waals surface area contributed by atoms with Gasteiger partial charge in [0.25, 0.3) is 0 Å². The van der Waals surface area contributed by atoms with Crippen LogP contribution in [0.2, 0.25) is 0 Å². The van der Waals surface area contributed by atoms with Crippen molar-refractivity contribution in [2.75, 3.05) is 0 Å². The van der Waals surface area contributed by atoms with Crippen molar-refractivity contribution in [2.45, 2.75) is 13.3 Å². The Bertz CT molecular complexity index is 2760. The Kier molecular flexibility index (Phi) is 7.17. The second-order valence-electron chi connectivity index (χ2n) is 13.9. The molecule has 0 saturated heterocycles. The minimum absolute atomic E-state index is 0.493. The van der Waals surface area contributed by atoms with Crippen molar-refractivity contribution in [2.24, 2.45) is 5.92 Å². The van der Waals surface area contributed by atoms with Crippen LogP contribution in [0.25, 0.3) is 89.4 Å². The van der Waals surface area contributed by atoms with Gasteiger partial charge in [-0.15, -0.1) is 0 Å². The van der Waals surface area contributed by atoms with Crippen LogP contribution in [0.5, 0.6) is 0 Å². The molecule has 2 heterocycles. The van der Waals surface area contributed by atoms with Gasteiger partial charge in [0.1, 0.15) is 0 Å². The van der Waals surface area contributed by atoms with E-state index < -0.39 is 0 Å². The van der Waals surface area contributed by atoms with Crippen LogP contribution in [-0.2, 0) is 6.42 Å². The molecule has 0 radical (unpaired) electrons. The van der Waals surface area contributed by atoms with Gasteiger partial charge in [0, 0.05) is 38.4 Å². The minimum atomic E-state index is 0.493. The smallest absolute Gasteiger partial charge is 0.161 e.